The zero-order valence-corrected chi connectivity index (χ0v) is 21.1. The monoisotopic (exact) mass is 513 g/mol. The maximum atomic E-state index is 13.0. The van der Waals surface area contributed by atoms with E-state index in [0.717, 1.165) is 35.9 Å². The Hall–Kier alpha value is -3.08. The second-order valence-electron chi connectivity index (χ2n) is 8.22. The van der Waals surface area contributed by atoms with Gasteiger partial charge >= 0.3 is 5.97 Å². The molecule has 1 aliphatic heterocycles. The molecule has 8 nitrogen and oxygen atoms in total. The highest BCUT2D eigenvalue weighted by atomic mass is 32.2. The van der Waals surface area contributed by atoms with Gasteiger partial charge in [-0.15, -0.1) is 6.58 Å². The maximum absolute atomic E-state index is 13.0. The quantitative estimate of drug-likeness (QED) is 0.367. The van der Waals surface area contributed by atoms with Gasteiger partial charge in [0.1, 0.15) is 0 Å². The van der Waals surface area contributed by atoms with Gasteiger partial charge in [0.2, 0.25) is 10.0 Å². The lowest BCUT2D eigenvalue weighted by molar-refractivity contribution is 0.0600. The van der Waals surface area contributed by atoms with Gasteiger partial charge in [-0.3, -0.25) is 4.79 Å². The Morgan fingerprint density at radius 3 is 2.34 bits per heavy atom. The van der Waals surface area contributed by atoms with Crippen LogP contribution in [0.2, 0.25) is 0 Å². The summed E-state index contributed by atoms with van der Waals surface area (Å²) in [5.74, 6) is -0.929. The minimum absolute atomic E-state index is 0.176. The predicted octanol–water partition coefficient (Wildman–Crippen LogP) is 3.98. The molecule has 0 radical (unpaired) electrons. The van der Waals surface area contributed by atoms with Crippen LogP contribution in [0.4, 0.5) is 0 Å². The first-order chi connectivity index (χ1) is 16.8. The van der Waals surface area contributed by atoms with E-state index in [-0.39, 0.29) is 10.5 Å². The number of methoxy groups -OCH3 is 1. The van der Waals surface area contributed by atoms with Crippen molar-refractivity contribution in [3.05, 3.63) is 71.0 Å². The zero-order chi connectivity index (χ0) is 25.0. The number of ether oxygens (including phenoxy) is 1. The molecule has 4 rings (SSSR count). The van der Waals surface area contributed by atoms with Crippen LogP contribution in [0.3, 0.4) is 0 Å². The van der Waals surface area contributed by atoms with E-state index in [1.807, 2.05) is 4.57 Å². The van der Waals surface area contributed by atoms with Crippen LogP contribution in [0.25, 0.3) is 10.2 Å². The Morgan fingerprint density at radius 1 is 1.06 bits per heavy atom. The normalized spacial score (nSPS) is 15.6. The van der Waals surface area contributed by atoms with Crippen LogP contribution in [-0.4, -0.2) is 49.4 Å². The van der Waals surface area contributed by atoms with Gasteiger partial charge in [-0.05, 0) is 55.3 Å². The molecule has 0 atom stereocenters. The minimum Gasteiger partial charge on any atom is -0.465 e. The van der Waals surface area contributed by atoms with E-state index in [1.165, 1.54) is 47.0 Å². The molecule has 0 bridgehead atoms. The highest BCUT2D eigenvalue weighted by Gasteiger charge is 2.25. The molecule has 184 valence electrons. The van der Waals surface area contributed by atoms with Gasteiger partial charge in [0.25, 0.3) is 5.91 Å². The number of fused-ring (bicyclic) bond motifs is 1. The number of sulfonamides is 1. The van der Waals surface area contributed by atoms with E-state index in [9.17, 15) is 18.0 Å². The summed E-state index contributed by atoms with van der Waals surface area (Å²) in [5, 5.41) is 0. The van der Waals surface area contributed by atoms with Crippen molar-refractivity contribution in [1.82, 2.24) is 8.87 Å². The Balaban J connectivity index is 1.65. The smallest absolute Gasteiger partial charge is 0.337 e. The van der Waals surface area contributed by atoms with Crippen LogP contribution in [0.5, 0.6) is 0 Å². The molecule has 0 N–H and O–H groups in total. The summed E-state index contributed by atoms with van der Waals surface area (Å²) in [4.78, 5) is 29.8. The van der Waals surface area contributed by atoms with Gasteiger partial charge in [0, 0.05) is 25.2 Å². The first kappa shape index (κ1) is 25.0. The summed E-state index contributed by atoms with van der Waals surface area (Å²) in [6, 6.07) is 11.1. The van der Waals surface area contributed by atoms with Crippen LogP contribution < -0.4 is 4.80 Å². The molecular weight excluding hydrogens is 486 g/mol. The number of carbonyl (C=O) groups is 2. The first-order valence-corrected chi connectivity index (χ1v) is 13.6. The van der Waals surface area contributed by atoms with Gasteiger partial charge in [-0.25, -0.2) is 13.2 Å². The molecule has 1 amide bonds. The van der Waals surface area contributed by atoms with Crippen molar-refractivity contribution in [2.24, 2.45) is 4.99 Å². The molecule has 0 spiro atoms. The van der Waals surface area contributed by atoms with Gasteiger partial charge < -0.3 is 9.30 Å². The zero-order valence-electron chi connectivity index (χ0n) is 19.5. The number of carbonyl (C=O) groups excluding carboxylic acids is 2. The van der Waals surface area contributed by atoms with Crippen molar-refractivity contribution in [1.29, 1.82) is 0 Å². The highest BCUT2D eigenvalue weighted by Crippen LogP contribution is 2.22. The third-order valence-electron chi connectivity index (χ3n) is 5.92. The molecule has 2 heterocycles. The number of aromatic nitrogens is 1. The van der Waals surface area contributed by atoms with Crippen molar-refractivity contribution < 1.29 is 22.7 Å². The van der Waals surface area contributed by atoms with Crippen LogP contribution in [0.1, 0.15) is 46.4 Å². The lowest BCUT2D eigenvalue weighted by atomic mass is 10.2. The fourth-order valence-electron chi connectivity index (χ4n) is 4.06. The molecule has 1 fully saturated rings. The summed E-state index contributed by atoms with van der Waals surface area (Å²) in [6.45, 7) is 5.24. The van der Waals surface area contributed by atoms with Crippen molar-refractivity contribution in [3.8, 4) is 0 Å². The molecule has 1 saturated heterocycles. The van der Waals surface area contributed by atoms with E-state index in [0.29, 0.717) is 30.0 Å². The number of amides is 1. The number of allylic oxidation sites excluding steroid dienone is 1. The summed E-state index contributed by atoms with van der Waals surface area (Å²) >= 11 is 1.27. The van der Waals surface area contributed by atoms with E-state index < -0.39 is 21.9 Å². The number of rotatable bonds is 6. The Labute approximate surface area is 208 Å². The lowest BCUT2D eigenvalue weighted by Crippen LogP contribution is -2.31. The second-order valence-corrected chi connectivity index (χ2v) is 11.2. The fraction of sp³-hybridized carbons (Fsp3) is 0.320. The van der Waals surface area contributed by atoms with Crippen molar-refractivity contribution in [3.63, 3.8) is 0 Å². The molecule has 1 aliphatic rings. The Morgan fingerprint density at radius 2 is 1.71 bits per heavy atom. The van der Waals surface area contributed by atoms with Crippen molar-refractivity contribution >= 4 is 43.5 Å². The van der Waals surface area contributed by atoms with Gasteiger partial charge in [-0.2, -0.15) is 9.30 Å². The molecule has 10 heteroatoms. The maximum Gasteiger partial charge on any atom is 0.337 e. The lowest BCUT2D eigenvalue weighted by Gasteiger charge is -2.19. The second kappa shape index (κ2) is 10.7. The average molecular weight is 514 g/mol. The molecule has 0 aliphatic carbocycles. The van der Waals surface area contributed by atoms with Crippen LogP contribution in [0, 0.1) is 0 Å². The fourth-order valence-corrected chi connectivity index (χ4v) is 6.65. The van der Waals surface area contributed by atoms with Gasteiger partial charge in [0.15, 0.2) is 4.80 Å². The van der Waals surface area contributed by atoms with Crippen molar-refractivity contribution in [2.75, 3.05) is 20.2 Å². The van der Waals surface area contributed by atoms with Crippen molar-refractivity contribution in [2.45, 2.75) is 37.1 Å². The summed E-state index contributed by atoms with van der Waals surface area (Å²) in [5.41, 5.74) is 1.51. The average Bonchev–Trinajstić information content (AvgIpc) is 3.03. The third kappa shape index (κ3) is 5.29. The molecule has 0 saturated carbocycles. The summed E-state index contributed by atoms with van der Waals surface area (Å²) < 4.78 is 34.9. The van der Waals surface area contributed by atoms with E-state index in [2.05, 4.69) is 11.6 Å². The summed E-state index contributed by atoms with van der Waals surface area (Å²) in [7, 11) is -2.27. The predicted molar refractivity (Wildman–Crippen MR) is 135 cm³/mol. The van der Waals surface area contributed by atoms with E-state index in [4.69, 9.17) is 4.74 Å². The van der Waals surface area contributed by atoms with Crippen LogP contribution >= 0.6 is 11.3 Å². The first-order valence-electron chi connectivity index (χ1n) is 11.4. The molecular formula is C25H27N3O5S2. The van der Waals surface area contributed by atoms with E-state index in [1.54, 1.807) is 24.3 Å². The topological polar surface area (TPSA) is 98.0 Å². The number of benzene rings is 2. The number of hydrogen-bond acceptors (Lipinski definition) is 6. The Bertz CT molecular complexity index is 1430. The standard InChI is InChI=1S/C25H27N3O5S2/c1-3-14-28-21-13-10-19(24(30)33-2)17-22(21)34-25(28)26-23(29)18-8-11-20(12-9-18)35(31,32)27-15-6-4-5-7-16-27/h3,8-13,17H,1,4-7,14-16H2,2H3. The van der Waals surface area contributed by atoms with E-state index >= 15 is 0 Å². The van der Waals surface area contributed by atoms with Crippen LogP contribution in [-0.2, 0) is 21.3 Å². The van der Waals surface area contributed by atoms with Gasteiger partial charge in [-0.1, -0.05) is 30.3 Å². The minimum atomic E-state index is -3.59. The SMILES string of the molecule is C=CCn1c(=NC(=O)c2ccc(S(=O)(=O)N3CCCCCC3)cc2)sc2cc(C(=O)OC)ccc21. The molecule has 35 heavy (non-hydrogen) atoms. The molecule has 3 aromatic rings. The largest absolute Gasteiger partial charge is 0.465 e. The van der Waals surface area contributed by atoms with Crippen LogP contribution in [0.15, 0.2) is 65.0 Å². The number of thiazole rings is 1. The number of hydrogen-bond donors (Lipinski definition) is 0. The Kier molecular flexibility index (Phi) is 7.63. The number of esters is 1. The molecule has 0 unspecified atom stereocenters. The molecule has 2 aromatic carbocycles. The summed E-state index contributed by atoms with van der Waals surface area (Å²) in [6.07, 6.45) is 5.49. The molecule has 1 aromatic heterocycles. The van der Waals surface area contributed by atoms with Gasteiger partial charge in [0.05, 0.1) is 27.8 Å². The highest BCUT2D eigenvalue weighted by molar-refractivity contribution is 7.89. The third-order valence-corrected chi connectivity index (χ3v) is 8.87. The number of nitrogens with zero attached hydrogens (tertiary/aromatic N) is 3.